The maximum Gasteiger partial charge on any atom is 0.340 e. The van der Waals surface area contributed by atoms with Crippen LogP contribution >= 0.6 is 7.60 Å². The number of carbonyl (C=O) groups excluding carboxylic acids is 1. The Morgan fingerprint density at radius 3 is 2.56 bits per heavy atom. The lowest BCUT2D eigenvalue weighted by Crippen LogP contribution is -2.28. The molecule has 0 fully saturated rings. The summed E-state index contributed by atoms with van der Waals surface area (Å²) in [7, 11) is -0.687. The van der Waals surface area contributed by atoms with Crippen molar-refractivity contribution in [3.63, 3.8) is 0 Å². The molecule has 98 valence electrons. The summed E-state index contributed by atoms with van der Waals surface area (Å²) in [5.41, 5.74) is 2.01. The molecular weight excluding hydrogens is 251 g/mol. The topological polar surface area (TPSA) is 52.6 Å². The molecule has 1 aromatic carbocycles. The number of aryl methyl sites for hydroxylation is 2. The van der Waals surface area contributed by atoms with Crippen molar-refractivity contribution in [3.05, 3.63) is 34.9 Å². The third-order valence-electron chi connectivity index (χ3n) is 3.41. The van der Waals surface area contributed by atoms with Crippen molar-refractivity contribution >= 4 is 13.4 Å². The zero-order valence-corrected chi connectivity index (χ0v) is 11.7. The SMILES string of the molecule is COP(=O)(OC)C1CCc2ccc(C)cc2C1=O. The second-order valence-corrected chi connectivity index (χ2v) is 6.92. The first-order valence-electron chi connectivity index (χ1n) is 5.87. The van der Waals surface area contributed by atoms with E-state index in [0.717, 1.165) is 17.5 Å². The summed E-state index contributed by atoms with van der Waals surface area (Å²) in [4.78, 5) is 12.4. The van der Waals surface area contributed by atoms with Crippen molar-refractivity contribution < 1.29 is 18.4 Å². The molecule has 0 saturated heterocycles. The minimum atomic E-state index is -3.33. The minimum Gasteiger partial charge on any atom is -0.311 e. The van der Waals surface area contributed by atoms with Crippen LogP contribution in [-0.2, 0) is 20.0 Å². The van der Waals surface area contributed by atoms with E-state index < -0.39 is 13.3 Å². The first kappa shape index (κ1) is 13.5. The van der Waals surface area contributed by atoms with Crippen LogP contribution in [0.25, 0.3) is 0 Å². The molecule has 1 aliphatic rings. The fourth-order valence-corrected chi connectivity index (χ4v) is 3.90. The molecule has 1 aromatic rings. The molecule has 0 aliphatic heterocycles. The molecule has 5 heteroatoms. The Bertz CT molecular complexity index is 516. The molecule has 1 aliphatic carbocycles. The summed E-state index contributed by atoms with van der Waals surface area (Å²) in [6.07, 6.45) is 1.23. The Morgan fingerprint density at radius 1 is 1.28 bits per heavy atom. The minimum absolute atomic E-state index is 0.132. The second kappa shape index (κ2) is 4.96. The van der Waals surface area contributed by atoms with Crippen LogP contribution in [0, 0.1) is 6.92 Å². The van der Waals surface area contributed by atoms with Crippen molar-refractivity contribution in [3.8, 4) is 0 Å². The number of carbonyl (C=O) groups is 1. The van der Waals surface area contributed by atoms with Crippen molar-refractivity contribution in [1.82, 2.24) is 0 Å². The van der Waals surface area contributed by atoms with E-state index in [4.69, 9.17) is 9.05 Å². The molecule has 0 spiro atoms. The number of rotatable bonds is 3. The zero-order valence-electron chi connectivity index (χ0n) is 10.8. The van der Waals surface area contributed by atoms with Crippen LogP contribution in [0.5, 0.6) is 0 Å². The maximum absolute atomic E-state index is 12.4. The van der Waals surface area contributed by atoms with Gasteiger partial charge >= 0.3 is 7.60 Å². The van der Waals surface area contributed by atoms with Crippen molar-refractivity contribution in [1.29, 1.82) is 0 Å². The van der Waals surface area contributed by atoms with Crippen molar-refractivity contribution in [2.75, 3.05) is 14.2 Å². The van der Waals surface area contributed by atoms with Crippen LogP contribution in [-0.4, -0.2) is 25.7 Å². The first-order valence-corrected chi connectivity index (χ1v) is 7.48. The Hall–Kier alpha value is -0.960. The van der Waals surface area contributed by atoms with Gasteiger partial charge in [-0.1, -0.05) is 17.7 Å². The van der Waals surface area contributed by atoms with E-state index in [-0.39, 0.29) is 5.78 Å². The monoisotopic (exact) mass is 268 g/mol. The molecule has 18 heavy (non-hydrogen) atoms. The zero-order chi connectivity index (χ0) is 13.3. The van der Waals surface area contributed by atoms with E-state index >= 15 is 0 Å². The Morgan fingerprint density at radius 2 is 1.94 bits per heavy atom. The van der Waals surface area contributed by atoms with Gasteiger partial charge in [-0.25, -0.2) is 0 Å². The largest absolute Gasteiger partial charge is 0.340 e. The predicted octanol–water partition coefficient (Wildman–Crippen LogP) is 2.98. The molecule has 2 rings (SSSR count). The highest BCUT2D eigenvalue weighted by Crippen LogP contribution is 2.55. The molecule has 0 bridgehead atoms. The Labute approximate surface area is 107 Å². The third kappa shape index (κ3) is 2.16. The van der Waals surface area contributed by atoms with Crippen LogP contribution in [0.1, 0.15) is 27.9 Å². The van der Waals surface area contributed by atoms with E-state index in [2.05, 4.69) is 0 Å². The lowest BCUT2D eigenvalue weighted by molar-refractivity contribution is 0.0961. The van der Waals surface area contributed by atoms with Crippen LogP contribution in [0.15, 0.2) is 18.2 Å². The van der Waals surface area contributed by atoms with Crippen LogP contribution in [0.3, 0.4) is 0 Å². The lowest BCUT2D eigenvalue weighted by atomic mass is 9.89. The molecule has 1 atom stereocenters. The summed E-state index contributed by atoms with van der Waals surface area (Å²) in [5, 5.41) is 0. The maximum atomic E-state index is 12.4. The molecular formula is C13H17O4P. The number of benzene rings is 1. The van der Waals surface area contributed by atoms with Gasteiger partial charge in [-0.15, -0.1) is 0 Å². The number of ketones is 1. The Balaban J connectivity index is 2.42. The van der Waals surface area contributed by atoms with E-state index in [0.29, 0.717) is 12.0 Å². The number of hydrogen-bond donors (Lipinski definition) is 0. The van der Waals surface area contributed by atoms with Gasteiger partial charge in [0.05, 0.1) is 0 Å². The lowest BCUT2D eigenvalue weighted by Gasteiger charge is -2.27. The molecule has 0 saturated carbocycles. The summed E-state index contributed by atoms with van der Waals surface area (Å²) in [6.45, 7) is 1.93. The highest BCUT2D eigenvalue weighted by molar-refractivity contribution is 7.55. The molecule has 0 N–H and O–H groups in total. The third-order valence-corrected chi connectivity index (χ3v) is 5.69. The van der Waals surface area contributed by atoms with Gasteiger partial charge in [0.15, 0.2) is 5.78 Å². The van der Waals surface area contributed by atoms with E-state index in [1.165, 1.54) is 14.2 Å². The Kier molecular flexibility index (Phi) is 3.71. The fourth-order valence-electron chi connectivity index (χ4n) is 2.37. The van der Waals surface area contributed by atoms with Gasteiger partial charge < -0.3 is 9.05 Å². The smallest absolute Gasteiger partial charge is 0.311 e. The quantitative estimate of drug-likeness (QED) is 0.791. The van der Waals surface area contributed by atoms with Gasteiger partial charge in [-0.05, 0) is 31.4 Å². The average Bonchev–Trinajstić information content (AvgIpc) is 2.39. The number of hydrogen-bond acceptors (Lipinski definition) is 4. The van der Waals surface area contributed by atoms with Gasteiger partial charge in [0, 0.05) is 19.8 Å². The van der Waals surface area contributed by atoms with E-state index in [1.54, 1.807) is 0 Å². The molecule has 0 aromatic heterocycles. The van der Waals surface area contributed by atoms with Gasteiger partial charge in [-0.3, -0.25) is 9.36 Å². The first-order chi connectivity index (χ1) is 8.51. The second-order valence-electron chi connectivity index (χ2n) is 4.48. The average molecular weight is 268 g/mol. The van der Waals surface area contributed by atoms with Crippen LogP contribution < -0.4 is 0 Å². The molecule has 4 nitrogen and oxygen atoms in total. The van der Waals surface area contributed by atoms with Crippen LogP contribution in [0.4, 0.5) is 0 Å². The number of fused-ring (bicyclic) bond motifs is 1. The summed E-state index contributed by atoms with van der Waals surface area (Å²) in [6, 6.07) is 5.79. The number of Topliss-reactive ketones (excluding diaryl/α,β-unsaturated/α-hetero) is 1. The van der Waals surface area contributed by atoms with Crippen molar-refractivity contribution in [2.24, 2.45) is 0 Å². The standard InChI is InChI=1S/C13H17O4P/c1-9-4-5-10-6-7-12(13(14)11(10)8-9)18(15,16-2)17-3/h4-5,8,12H,6-7H2,1-3H3. The fraction of sp³-hybridized carbons (Fsp3) is 0.462. The molecule has 0 heterocycles. The molecule has 0 amide bonds. The highest BCUT2D eigenvalue weighted by atomic mass is 31.2. The highest BCUT2D eigenvalue weighted by Gasteiger charge is 2.42. The predicted molar refractivity (Wildman–Crippen MR) is 69.2 cm³/mol. The van der Waals surface area contributed by atoms with Gasteiger partial charge in [0.2, 0.25) is 0 Å². The van der Waals surface area contributed by atoms with Crippen LogP contribution in [0.2, 0.25) is 0 Å². The van der Waals surface area contributed by atoms with Gasteiger partial charge in [-0.2, -0.15) is 0 Å². The summed E-state index contributed by atoms with van der Waals surface area (Å²) in [5.74, 6) is -0.132. The molecule has 0 radical (unpaired) electrons. The normalized spacial score (nSPS) is 19.7. The van der Waals surface area contributed by atoms with Gasteiger partial charge in [0.1, 0.15) is 5.66 Å². The summed E-state index contributed by atoms with van der Waals surface area (Å²) >= 11 is 0. The van der Waals surface area contributed by atoms with E-state index in [1.807, 2.05) is 25.1 Å². The van der Waals surface area contributed by atoms with E-state index in [9.17, 15) is 9.36 Å². The van der Waals surface area contributed by atoms with Gasteiger partial charge in [0.25, 0.3) is 0 Å². The summed E-state index contributed by atoms with van der Waals surface area (Å²) < 4.78 is 22.3. The van der Waals surface area contributed by atoms with Crippen molar-refractivity contribution in [2.45, 2.75) is 25.4 Å². The molecule has 1 unspecified atom stereocenters.